The van der Waals surface area contributed by atoms with Crippen LogP contribution in [0.2, 0.25) is 0 Å². The molecule has 1 aliphatic heterocycles. The third-order valence-corrected chi connectivity index (χ3v) is 2.97. The van der Waals surface area contributed by atoms with Crippen LogP contribution in [0.1, 0.15) is 25.3 Å². The molecule has 1 aliphatic rings. The highest BCUT2D eigenvalue weighted by Gasteiger charge is 2.22. The topological polar surface area (TPSA) is 42.2 Å². The Balaban J connectivity index is 2.30. The lowest BCUT2D eigenvalue weighted by atomic mass is 10.2. The molecule has 0 aromatic carbocycles. The second-order valence-corrected chi connectivity index (χ2v) is 3.89. The van der Waals surface area contributed by atoms with Crippen molar-refractivity contribution >= 4 is 5.69 Å². The zero-order chi connectivity index (χ0) is 9.97. The highest BCUT2D eigenvalue weighted by molar-refractivity contribution is 5.53. The van der Waals surface area contributed by atoms with Gasteiger partial charge < -0.3 is 10.6 Å². The van der Waals surface area contributed by atoms with E-state index in [1.807, 2.05) is 18.5 Å². The number of nitrogens with zero attached hydrogens (tertiary/aromatic N) is 2. The quantitative estimate of drug-likeness (QED) is 0.770. The van der Waals surface area contributed by atoms with Crippen molar-refractivity contribution < 1.29 is 0 Å². The molecule has 1 aromatic rings. The summed E-state index contributed by atoms with van der Waals surface area (Å²) in [5, 5.41) is 0. The van der Waals surface area contributed by atoms with E-state index in [0.717, 1.165) is 6.54 Å². The van der Waals surface area contributed by atoms with Crippen LogP contribution in [0.5, 0.6) is 0 Å². The van der Waals surface area contributed by atoms with Gasteiger partial charge in [-0.25, -0.2) is 0 Å². The van der Waals surface area contributed by atoms with E-state index in [4.69, 9.17) is 5.73 Å². The van der Waals surface area contributed by atoms with Gasteiger partial charge in [0.05, 0.1) is 11.9 Å². The highest BCUT2D eigenvalue weighted by atomic mass is 15.2. The minimum atomic E-state index is 0.598. The van der Waals surface area contributed by atoms with E-state index in [1.165, 1.54) is 24.1 Å². The van der Waals surface area contributed by atoms with Crippen LogP contribution in [0, 0.1) is 0 Å². The van der Waals surface area contributed by atoms with Crippen LogP contribution in [0.3, 0.4) is 0 Å². The minimum Gasteiger partial charge on any atom is -0.367 e. The molecule has 14 heavy (non-hydrogen) atoms. The monoisotopic (exact) mass is 191 g/mol. The molecule has 0 bridgehead atoms. The average molecular weight is 191 g/mol. The molecular weight excluding hydrogens is 174 g/mol. The van der Waals surface area contributed by atoms with Crippen LogP contribution >= 0.6 is 0 Å². The number of hydrogen-bond acceptors (Lipinski definition) is 3. The molecule has 0 saturated carbocycles. The SMILES string of the molecule is CC1CCCN1c1cnccc1CN. The summed E-state index contributed by atoms with van der Waals surface area (Å²) in [5.41, 5.74) is 8.13. The molecule has 2 heterocycles. The van der Waals surface area contributed by atoms with Gasteiger partial charge in [0.2, 0.25) is 0 Å². The molecule has 1 fully saturated rings. The average Bonchev–Trinajstić information content (AvgIpc) is 2.64. The molecular formula is C11H17N3. The van der Waals surface area contributed by atoms with Crippen molar-refractivity contribution in [2.24, 2.45) is 5.73 Å². The number of hydrogen-bond donors (Lipinski definition) is 1. The smallest absolute Gasteiger partial charge is 0.0600 e. The Morgan fingerprint density at radius 3 is 3.14 bits per heavy atom. The van der Waals surface area contributed by atoms with Crippen LogP contribution < -0.4 is 10.6 Å². The van der Waals surface area contributed by atoms with Gasteiger partial charge in [0.1, 0.15) is 0 Å². The van der Waals surface area contributed by atoms with Crippen molar-refractivity contribution in [1.29, 1.82) is 0 Å². The first-order chi connectivity index (χ1) is 6.83. The van der Waals surface area contributed by atoms with Gasteiger partial charge in [0, 0.05) is 25.3 Å². The first kappa shape index (κ1) is 9.46. The fourth-order valence-electron chi connectivity index (χ4n) is 2.14. The highest BCUT2D eigenvalue weighted by Crippen LogP contribution is 2.27. The summed E-state index contributed by atoms with van der Waals surface area (Å²) in [6.45, 7) is 4.00. The van der Waals surface area contributed by atoms with E-state index in [2.05, 4.69) is 16.8 Å². The first-order valence-electron chi connectivity index (χ1n) is 5.22. The van der Waals surface area contributed by atoms with E-state index >= 15 is 0 Å². The molecule has 1 unspecified atom stereocenters. The molecule has 2 N–H and O–H groups in total. The van der Waals surface area contributed by atoms with E-state index < -0.39 is 0 Å². The summed E-state index contributed by atoms with van der Waals surface area (Å²) >= 11 is 0. The van der Waals surface area contributed by atoms with Crippen molar-refractivity contribution in [2.75, 3.05) is 11.4 Å². The molecule has 0 amide bonds. The Hall–Kier alpha value is -1.09. The van der Waals surface area contributed by atoms with Crippen LogP contribution in [0.4, 0.5) is 5.69 Å². The molecule has 2 rings (SSSR count). The lowest BCUT2D eigenvalue weighted by Gasteiger charge is -2.25. The van der Waals surface area contributed by atoms with Crippen molar-refractivity contribution in [1.82, 2.24) is 4.98 Å². The Labute approximate surface area is 84.9 Å². The largest absolute Gasteiger partial charge is 0.367 e. The van der Waals surface area contributed by atoms with Crippen LogP contribution in [-0.2, 0) is 6.54 Å². The van der Waals surface area contributed by atoms with Crippen molar-refractivity contribution in [2.45, 2.75) is 32.4 Å². The Morgan fingerprint density at radius 1 is 1.64 bits per heavy atom. The second-order valence-electron chi connectivity index (χ2n) is 3.89. The van der Waals surface area contributed by atoms with E-state index in [-0.39, 0.29) is 0 Å². The Morgan fingerprint density at radius 2 is 2.50 bits per heavy atom. The lowest BCUT2D eigenvalue weighted by molar-refractivity contribution is 0.730. The number of pyridine rings is 1. The lowest BCUT2D eigenvalue weighted by Crippen LogP contribution is -2.27. The Kier molecular flexibility index (Phi) is 2.68. The van der Waals surface area contributed by atoms with Crippen molar-refractivity contribution in [3.05, 3.63) is 24.0 Å². The zero-order valence-electron chi connectivity index (χ0n) is 8.61. The number of nitrogens with two attached hydrogens (primary N) is 1. The van der Waals surface area contributed by atoms with E-state index in [9.17, 15) is 0 Å². The number of anilines is 1. The Bertz CT molecular complexity index is 311. The molecule has 3 heteroatoms. The molecule has 76 valence electrons. The molecule has 0 spiro atoms. The standard InChI is InChI=1S/C11H17N3/c1-9-3-2-6-14(9)11-8-13-5-4-10(11)7-12/h4-5,8-9H,2-3,6-7,12H2,1H3. The van der Waals surface area contributed by atoms with Crippen LogP contribution in [-0.4, -0.2) is 17.6 Å². The molecule has 0 aliphatic carbocycles. The van der Waals surface area contributed by atoms with Gasteiger partial charge in [-0.1, -0.05) is 0 Å². The van der Waals surface area contributed by atoms with Crippen LogP contribution in [0.25, 0.3) is 0 Å². The molecule has 1 aromatic heterocycles. The predicted molar refractivity (Wildman–Crippen MR) is 58.2 cm³/mol. The zero-order valence-corrected chi connectivity index (χ0v) is 8.61. The van der Waals surface area contributed by atoms with Gasteiger partial charge >= 0.3 is 0 Å². The molecule has 1 saturated heterocycles. The summed E-state index contributed by atoms with van der Waals surface area (Å²) in [6, 6.07) is 2.64. The molecule has 1 atom stereocenters. The summed E-state index contributed by atoms with van der Waals surface area (Å²) in [4.78, 5) is 6.59. The van der Waals surface area contributed by atoms with E-state index in [1.54, 1.807) is 0 Å². The maximum absolute atomic E-state index is 5.71. The number of aromatic nitrogens is 1. The molecule has 0 radical (unpaired) electrons. The normalized spacial score (nSPS) is 21.6. The van der Waals surface area contributed by atoms with Gasteiger partial charge in [-0.2, -0.15) is 0 Å². The molecule has 3 nitrogen and oxygen atoms in total. The summed E-state index contributed by atoms with van der Waals surface area (Å²) in [6.07, 6.45) is 6.30. The summed E-state index contributed by atoms with van der Waals surface area (Å²) < 4.78 is 0. The second kappa shape index (κ2) is 3.96. The fraction of sp³-hybridized carbons (Fsp3) is 0.545. The van der Waals surface area contributed by atoms with Gasteiger partial charge in [-0.3, -0.25) is 4.98 Å². The number of rotatable bonds is 2. The van der Waals surface area contributed by atoms with Crippen molar-refractivity contribution in [3.63, 3.8) is 0 Å². The third kappa shape index (κ3) is 1.60. The predicted octanol–water partition coefficient (Wildman–Crippen LogP) is 1.53. The maximum atomic E-state index is 5.71. The fourth-order valence-corrected chi connectivity index (χ4v) is 2.14. The maximum Gasteiger partial charge on any atom is 0.0600 e. The van der Waals surface area contributed by atoms with Gasteiger partial charge in [0.25, 0.3) is 0 Å². The van der Waals surface area contributed by atoms with E-state index in [0.29, 0.717) is 12.6 Å². The minimum absolute atomic E-state index is 0.598. The van der Waals surface area contributed by atoms with Crippen molar-refractivity contribution in [3.8, 4) is 0 Å². The third-order valence-electron chi connectivity index (χ3n) is 2.97. The van der Waals surface area contributed by atoms with Gasteiger partial charge in [-0.05, 0) is 31.4 Å². The van der Waals surface area contributed by atoms with Gasteiger partial charge in [-0.15, -0.1) is 0 Å². The van der Waals surface area contributed by atoms with Crippen LogP contribution in [0.15, 0.2) is 18.5 Å². The van der Waals surface area contributed by atoms with Gasteiger partial charge in [0.15, 0.2) is 0 Å². The summed E-state index contributed by atoms with van der Waals surface area (Å²) in [7, 11) is 0. The summed E-state index contributed by atoms with van der Waals surface area (Å²) in [5.74, 6) is 0. The first-order valence-corrected chi connectivity index (χ1v) is 5.22.